The van der Waals surface area contributed by atoms with Crippen LogP contribution < -0.4 is 0 Å². The Balaban J connectivity index is 0.000000255. The zero-order chi connectivity index (χ0) is 38.7. The monoisotopic (exact) mass is 890 g/mol. The van der Waals surface area contributed by atoms with E-state index in [4.69, 9.17) is 32.9 Å². The second-order valence-electron chi connectivity index (χ2n) is 18.4. The van der Waals surface area contributed by atoms with Crippen LogP contribution in [0.15, 0.2) is 12.2 Å². The molecule has 5 aliphatic carbocycles. The van der Waals surface area contributed by atoms with Gasteiger partial charge in [-0.15, -0.1) is 0 Å². The minimum atomic E-state index is -2.47. The highest BCUT2D eigenvalue weighted by molar-refractivity contribution is 6.95. The van der Waals surface area contributed by atoms with E-state index in [1.54, 1.807) is 0 Å². The molecule has 0 aromatic rings. The molecule has 54 heavy (non-hydrogen) atoms. The molecule has 0 spiro atoms. The number of allylic oxidation sites excluding steroid dienone is 2. The minimum Gasteiger partial charge on any atom is -0.420 e. The number of hydrogen-bond donors (Lipinski definition) is 0. The van der Waals surface area contributed by atoms with E-state index in [-0.39, 0.29) is 0 Å². The van der Waals surface area contributed by atoms with Gasteiger partial charge in [0.1, 0.15) is 0 Å². The van der Waals surface area contributed by atoms with Crippen LogP contribution in [0.2, 0.25) is 74.5 Å². The van der Waals surface area contributed by atoms with Crippen LogP contribution in [0.4, 0.5) is 0 Å². The molecule has 0 amide bonds. The molecular weight excluding hydrogens is 809 g/mol. The van der Waals surface area contributed by atoms with Crippen molar-refractivity contribution in [3.63, 3.8) is 0 Å². The van der Waals surface area contributed by atoms with Crippen molar-refractivity contribution in [3.05, 3.63) is 12.2 Å². The molecule has 0 bridgehead atoms. The van der Waals surface area contributed by atoms with Gasteiger partial charge in [0.05, 0.1) is 0 Å². The highest BCUT2D eigenvalue weighted by Crippen LogP contribution is 2.53. The lowest BCUT2D eigenvalue weighted by Gasteiger charge is -2.57. The molecule has 6 fully saturated rings. The fourth-order valence-corrected chi connectivity index (χ4v) is 49.0. The lowest BCUT2D eigenvalue weighted by molar-refractivity contribution is 0.180. The number of rotatable bonds is 4. The van der Waals surface area contributed by atoms with E-state index in [0.717, 1.165) is 0 Å². The van der Waals surface area contributed by atoms with Gasteiger partial charge in [-0.25, -0.2) is 0 Å². The Hall–Kier alpha value is 1.16. The van der Waals surface area contributed by atoms with Crippen molar-refractivity contribution in [1.82, 2.24) is 0 Å². The highest BCUT2D eigenvalue weighted by atomic mass is 28.5. The van der Waals surface area contributed by atoms with Gasteiger partial charge in [-0.05, 0) is 129 Å². The molecule has 8 nitrogen and oxygen atoms in total. The second kappa shape index (κ2) is 22.1. The quantitative estimate of drug-likeness (QED) is 0.204. The SMILES string of the molecule is C1=CCCCC1.C[SiH]1O[SiH](C)O[SiH](C)O[SiH](C)O1.C[Si]1(C2CCCCC2)O[Si](C)(C2CCCCC2)O[Si](C)(C2CCCCC2)O[Si](C)(C2CCCCC2)O1. The summed E-state index contributed by atoms with van der Waals surface area (Å²) in [6.45, 7) is 18.1. The maximum Gasteiger partial charge on any atom is 0.320 e. The topological polar surface area (TPSA) is 73.8 Å². The molecule has 0 atom stereocenters. The summed E-state index contributed by atoms with van der Waals surface area (Å²) >= 11 is 0. The lowest BCUT2D eigenvalue weighted by Crippen LogP contribution is -2.71. The second-order valence-corrected chi connectivity index (χ2v) is 41.9. The third-order valence-corrected chi connectivity index (χ3v) is 47.2. The van der Waals surface area contributed by atoms with Crippen LogP contribution >= 0.6 is 0 Å². The molecular formula is C38H82O8Si8. The largest absolute Gasteiger partial charge is 0.420 e. The maximum absolute atomic E-state index is 7.74. The van der Waals surface area contributed by atoms with Gasteiger partial charge in [0.2, 0.25) is 0 Å². The van der Waals surface area contributed by atoms with Gasteiger partial charge in [-0.2, -0.15) is 0 Å². The van der Waals surface area contributed by atoms with E-state index < -0.39 is 71.4 Å². The lowest BCUT2D eigenvalue weighted by atomic mass is 10.0. The van der Waals surface area contributed by atoms with E-state index in [9.17, 15) is 0 Å². The van der Waals surface area contributed by atoms with Crippen molar-refractivity contribution < 1.29 is 32.9 Å². The van der Waals surface area contributed by atoms with Gasteiger partial charge in [-0.3, -0.25) is 0 Å². The van der Waals surface area contributed by atoms with Crippen molar-refractivity contribution in [2.24, 2.45) is 0 Å². The van der Waals surface area contributed by atoms with Crippen LogP contribution in [0.25, 0.3) is 0 Å². The first-order valence-electron chi connectivity index (χ1n) is 22.9. The summed E-state index contributed by atoms with van der Waals surface area (Å²) in [5, 5.41) is 0. The maximum atomic E-state index is 7.74. The van der Waals surface area contributed by atoms with Gasteiger partial charge in [-0.1, -0.05) is 89.2 Å². The first kappa shape index (κ1) is 46.2. The molecule has 16 heteroatoms. The zero-order valence-corrected chi connectivity index (χ0v) is 44.6. The summed E-state index contributed by atoms with van der Waals surface area (Å²) in [7, 11) is -15.6. The van der Waals surface area contributed by atoms with E-state index in [1.165, 1.54) is 154 Å². The molecule has 0 N–H and O–H groups in total. The van der Waals surface area contributed by atoms with Crippen molar-refractivity contribution in [2.45, 2.75) is 229 Å². The van der Waals surface area contributed by atoms with Gasteiger partial charge >= 0.3 is 34.2 Å². The molecule has 2 saturated heterocycles. The van der Waals surface area contributed by atoms with Crippen LogP contribution in [-0.4, -0.2) is 71.4 Å². The first-order valence-corrected chi connectivity index (χ1v) is 40.9. The van der Waals surface area contributed by atoms with Crippen LogP contribution in [-0.2, 0) is 32.9 Å². The summed E-state index contributed by atoms with van der Waals surface area (Å²) in [4.78, 5) is 0. The average Bonchev–Trinajstić information content (AvgIpc) is 3.16. The number of hydrogen-bond acceptors (Lipinski definition) is 8. The fourth-order valence-electron chi connectivity index (χ4n) is 10.8. The Morgan fingerprint density at radius 1 is 0.333 bits per heavy atom. The van der Waals surface area contributed by atoms with E-state index in [0.29, 0.717) is 22.2 Å². The average molecular weight is 892 g/mol. The van der Waals surface area contributed by atoms with Gasteiger partial charge in [0.25, 0.3) is 37.1 Å². The predicted molar refractivity (Wildman–Crippen MR) is 242 cm³/mol. The highest BCUT2D eigenvalue weighted by Gasteiger charge is 2.64. The first-order chi connectivity index (χ1) is 25.8. The Kier molecular flexibility index (Phi) is 18.9. The normalized spacial score (nSPS) is 41.5. The van der Waals surface area contributed by atoms with Crippen molar-refractivity contribution in [3.8, 4) is 0 Å². The Bertz CT molecular complexity index is 941. The fraction of sp³-hybridized carbons (Fsp3) is 0.947. The van der Waals surface area contributed by atoms with Crippen LogP contribution in [0.3, 0.4) is 0 Å². The minimum absolute atomic E-state index is 0.616. The smallest absolute Gasteiger partial charge is 0.320 e. The molecule has 7 rings (SSSR count). The van der Waals surface area contributed by atoms with Gasteiger partial charge in [0.15, 0.2) is 0 Å². The molecule has 7 aliphatic rings. The zero-order valence-electron chi connectivity index (χ0n) is 36.0. The van der Waals surface area contributed by atoms with Gasteiger partial charge < -0.3 is 32.9 Å². The molecule has 4 saturated carbocycles. The molecule has 0 radical (unpaired) electrons. The molecule has 2 aliphatic heterocycles. The van der Waals surface area contributed by atoms with Crippen LogP contribution in [0.5, 0.6) is 0 Å². The van der Waals surface area contributed by atoms with E-state index in [2.05, 4.69) is 38.3 Å². The third kappa shape index (κ3) is 13.6. The summed E-state index contributed by atoms with van der Waals surface area (Å²) in [5.41, 5.74) is 2.46. The van der Waals surface area contributed by atoms with E-state index in [1.807, 2.05) is 26.2 Å². The van der Waals surface area contributed by atoms with Crippen LogP contribution in [0.1, 0.15) is 154 Å². The van der Waals surface area contributed by atoms with Crippen LogP contribution in [0, 0.1) is 0 Å². The molecule has 314 valence electrons. The third-order valence-electron chi connectivity index (χ3n) is 13.7. The molecule has 0 unspecified atom stereocenters. The Labute approximate surface area is 343 Å². The van der Waals surface area contributed by atoms with Crippen molar-refractivity contribution in [1.29, 1.82) is 0 Å². The standard InChI is InChI=1S/C28H56O4Si4.C6H10.C4H16O4Si4/c1-33(25-17-9-5-10-18-25)29-34(2,26-19-11-6-12-20-26)31-36(4,28-23-15-8-16-24-28)32-35(3,30-33)27-21-13-7-14-22-27;1-2-4-6-5-3-1;1-9-5-10(2)7-12(4)8-11(3)6-9/h25-28H,5-24H2,1-4H3;1-2H,3-6H2;9-12H,1-4H3. The summed E-state index contributed by atoms with van der Waals surface area (Å²) in [6.07, 6.45) is 36.7. The van der Waals surface area contributed by atoms with Crippen molar-refractivity contribution in [2.75, 3.05) is 0 Å². The Morgan fingerprint density at radius 2 is 0.537 bits per heavy atom. The molecule has 2 heterocycles. The van der Waals surface area contributed by atoms with Gasteiger partial charge in [0, 0.05) is 22.2 Å². The Morgan fingerprint density at radius 3 is 0.704 bits per heavy atom. The summed E-state index contributed by atoms with van der Waals surface area (Å²) in [5.74, 6) is 0. The predicted octanol–water partition coefficient (Wildman–Crippen LogP) is 11.3. The molecule has 0 aromatic heterocycles. The van der Waals surface area contributed by atoms with Crippen molar-refractivity contribution >= 4 is 71.4 Å². The molecule has 0 aromatic carbocycles. The summed E-state index contributed by atoms with van der Waals surface area (Å²) in [6, 6.07) is 0. The summed E-state index contributed by atoms with van der Waals surface area (Å²) < 4.78 is 53.6. The van der Waals surface area contributed by atoms with E-state index >= 15 is 0 Å².